The number of thiazole rings is 1. The number of benzene rings is 2. The summed E-state index contributed by atoms with van der Waals surface area (Å²) >= 11 is 1.06. The molecule has 1 aliphatic heterocycles. The summed E-state index contributed by atoms with van der Waals surface area (Å²) < 4.78 is 41.0. The minimum absolute atomic E-state index is 0.0832. The van der Waals surface area contributed by atoms with Crippen LogP contribution < -0.4 is 19.4 Å². The van der Waals surface area contributed by atoms with Crippen LogP contribution in [0.2, 0.25) is 0 Å². The van der Waals surface area contributed by atoms with Gasteiger partial charge in [-0.05, 0) is 48.9 Å². The Hall–Kier alpha value is -3.48. The van der Waals surface area contributed by atoms with E-state index in [1.54, 1.807) is 31.2 Å². The van der Waals surface area contributed by atoms with Crippen molar-refractivity contribution in [3.05, 3.63) is 52.8 Å². The van der Waals surface area contributed by atoms with Crippen LogP contribution in [0.5, 0.6) is 11.5 Å². The summed E-state index contributed by atoms with van der Waals surface area (Å²) in [5.74, 6) is 0.136. The number of ether oxygens (including phenoxy) is 3. The molecule has 3 aromatic rings. The monoisotopic (exact) mass is 489 g/mol. The molecule has 12 heteroatoms. The minimum Gasteiger partial charge on any atom is -0.465 e. The smallest absolute Gasteiger partial charge is 0.326 e. The van der Waals surface area contributed by atoms with Crippen molar-refractivity contribution >= 4 is 49.5 Å². The second-order valence-electron chi connectivity index (χ2n) is 6.85. The number of sulfonamides is 1. The molecule has 2 N–H and O–H groups in total. The van der Waals surface area contributed by atoms with E-state index in [-0.39, 0.29) is 29.6 Å². The lowest BCUT2D eigenvalue weighted by atomic mass is 10.2. The molecule has 1 aromatic heterocycles. The van der Waals surface area contributed by atoms with Crippen LogP contribution in [-0.2, 0) is 30.9 Å². The predicted molar refractivity (Wildman–Crippen MR) is 120 cm³/mol. The standard InChI is InChI=1S/C21H19N3O7S2/c1-2-29-20(26)11-24-15-6-5-14(33(22,27)28)10-18(15)32-21(24)23-19(25)8-4-13-3-7-16-17(9-13)31-12-30-16/h3-10H,2,11-12H2,1H3,(H2,22,27,28)/b8-4-,23-21?. The first-order chi connectivity index (χ1) is 15.7. The Balaban J connectivity index is 1.70. The Morgan fingerprint density at radius 1 is 1.21 bits per heavy atom. The van der Waals surface area contributed by atoms with E-state index >= 15 is 0 Å². The van der Waals surface area contributed by atoms with Gasteiger partial charge in [0, 0.05) is 6.08 Å². The summed E-state index contributed by atoms with van der Waals surface area (Å²) in [6.07, 6.45) is 2.86. The summed E-state index contributed by atoms with van der Waals surface area (Å²) in [7, 11) is -3.92. The zero-order chi connectivity index (χ0) is 23.6. The number of rotatable bonds is 6. The van der Waals surface area contributed by atoms with E-state index in [4.69, 9.17) is 19.3 Å². The van der Waals surface area contributed by atoms with Crippen LogP contribution in [0.1, 0.15) is 12.5 Å². The van der Waals surface area contributed by atoms with E-state index in [9.17, 15) is 18.0 Å². The van der Waals surface area contributed by atoms with Crippen LogP contribution in [0.4, 0.5) is 0 Å². The highest BCUT2D eigenvalue weighted by Crippen LogP contribution is 2.32. The van der Waals surface area contributed by atoms with Gasteiger partial charge in [0.25, 0.3) is 5.91 Å². The third-order valence-corrected chi connectivity index (χ3v) is 6.55. The van der Waals surface area contributed by atoms with E-state index in [2.05, 4.69) is 4.99 Å². The summed E-state index contributed by atoms with van der Waals surface area (Å²) in [5, 5.41) is 5.21. The molecule has 2 heterocycles. The zero-order valence-corrected chi connectivity index (χ0v) is 19.0. The normalized spacial score (nSPS) is 13.7. The van der Waals surface area contributed by atoms with Crippen molar-refractivity contribution in [1.29, 1.82) is 0 Å². The van der Waals surface area contributed by atoms with E-state index in [0.717, 1.165) is 16.9 Å². The summed E-state index contributed by atoms with van der Waals surface area (Å²) in [6, 6.07) is 9.47. The highest BCUT2D eigenvalue weighted by atomic mass is 32.2. The molecule has 0 aliphatic carbocycles. The molecule has 0 bridgehead atoms. The third-order valence-electron chi connectivity index (χ3n) is 4.60. The van der Waals surface area contributed by atoms with Crippen molar-refractivity contribution in [2.24, 2.45) is 10.1 Å². The van der Waals surface area contributed by atoms with Gasteiger partial charge >= 0.3 is 5.97 Å². The fourth-order valence-corrected chi connectivity index (χ4v) is 4.81. The number of nitrogens with two attached hydrogens (primary N) is 1. The number of aromatic nitrogens is 1. The molecule has 4 rings (SSSR count). The molecule has 2 aromatic carbocycles. The predicted octanol–water partition coefficient (Wildman–Crippen LogP) is 1.78. The number of esters is 1. The second-order valence-corrected chi connectivity index (χ2v) is 9.42. The Labute approximate surface area is 192 Å². The molecule has 33 heavy (non-hydrogen) atoms. The van der Waals surface area contributed by atoms with E-state index in [1.807, 2.05) is 0 Å². The fourth-order valence-electron chi connectivity index (χ4n) is 3.12. The van der Waals surface area contributed by atoms with Crippen molar-refractivity contribution in [3.8, 4) is 11.5 Å². The van der Waals surface area contributed by atoms with Gasteiger partial charge in [-0.25, -0.2) is 13.6 Å². The SMILES string of the molecule is CCOC(=O)Cn1c(=NC(=O)/C=C\c2ccc3c(c2)OCO3)sc2cc(S(N)(=O)=O)ccc21. The number of fused-ring (bicyclic) bond motifs is 2. The first kappa shape index (κ1) is 22.7. The van der Waals surface area contributed by atoms with Gasteiger partial charge in [-0.2, -0.15) is 4.99 Å². The Morgan fingerprint density at radius 2 is 2.00 bits per heavy atom. The van der Waals surface area contributed by atoms with Gasteiger partial charge in [-0.15, -0.1) is 0 Å². The molecule has 10 nitrogen and oxygen atoms in total. The van der Waals surface area contributed by atoms with Crippen molar-refractivity contribution in [2.75, 3.05) is 13.4 Å². The van der Waals surface area contributed by atoms with E-state index in [0.29, 0.717) is 21.7 Å². The van der Waals surface area contributed by atoms with Crippen LogP contribution in [0.25, 0.3) is 16.3 Å². The molecule has 0 saturated heterocycles. The molecule has 0 radical (unpaired) electrons. The lowest BCUT2D eigenvalue weighted by Gasteiger charge is -2.05. The van der Waals surface area contributed by atoms with Crippen LogP contribution in [0.3, 0.4) is 0 Å². The molecule has 172 valence electrons. The van der Waals surface area contributed by atoms with Gasteiger partial charge in [-0.3, -0.25) is 9.59 Å². The maximum absolute atomic E-state index is 12.5. The van der Waals surface area contributed by atoms with Crippen molar-refractivity contribution in [2.45, 2.75) is 18.4 Å². The van der Waals surface area contributed by atoms with Crippen molar-refractivity contribution in [1.82, 2.24) is 4.57 Å². The van der Waals surface area contributed by atoms with Crippen LogP contribution in [0, 0.1) is 0 Å². The minimum atomic E-state index is -3.92. The number of amides is 1. The topological polar surface area (TPSA) is 139 Å². The highest BCUT2D eigenvalue weighted by molar-refractivity contribution is 7.89. The highest BCUT2D eigenvalue weighted by Gasteiger charge is 2.16. The van der Waals surface area contributed by atoms with E-state index < -0.39 is 21.9 Å². The number of carbonyl (C=O) groups is 2. The van der Waals surface area contributed by atoms with E-state index in [1.165, 1.54) is 28.8 Å². The average molecular weight is 490 g/mol. The molecular formula is C21H19N3O7S2. The first-order valence-electron chi connectivity index (χ1n) is 9.73. The Bertz CT molecular complexity index is 1450. The second kappa shape index (κ2) is 9.17. The number of hydrogen-bond donors (Lipinski definition) is 1. The van der Waals surface area contributed by atoms with Gasteiger partial charge in [-0.1, -0.05) is 17.4 Å². The largest absolute Gasteiger partial charge is 0.465 e. The number of primary sulfonamides is 1. The maximum Gasteiger partial charge on any atom is 0.326 e. The molecule has 1 aliphatic rings. The molecule has 1 amide bonds. The molecular weight excluding hydrogens is 470 g/mol. The molecule has 0 fully saturated rings. The Kier molecular flexibility index (Phi) is 6.31. The Morgan fingerprint density at radius 3 is 2.76 bits per heavy atom. The summed E-state index contributed by atoms with van der Waals surface area (Å²) in [6.45, 7) is 1.83. The quantitative estimate of drug-likeness (QED) is 0.411. The molecule has 0 spiro atoms. The maximum atomic E-state index is 12.5. The summed E-state index contributed by atoms with van der Waals surface area (Å²) in [5.41, 5.74) is 1.24. The zero-order valence-electron chi connectivity index (χ0n) is 17.4. The first-order valence-corrected chi connectivity index (χ1v) is 12.1. The number of nitrogens with zero attached hydrogens (tertiary/aromatic N) is 2. The van der Waals surface area contributed by atoms with Crippen molar-refractivity contribution in [3.63, 3.8) is 0 Å². The number of carbonyl (C=O) groups excluding carboxylic acids is 2. The molecule has 0 atom stereocenters. The van der Waals surface area contributed by atoms with Crippen LogP contribution in [-0.4, -0.2) is 38.3 Å². The van der Waals surface area contributed by atoms with Crippen molar-refractivity contribution < 1.29 is 32.2 Å². The van der Waals surface area contributed by atoms with Gasteiger partial charge in [0.05, 0.1) is 21.7 Å². The average Bonchev–Trinajstić information content (AvgIpc) is 3.35. The molecule has 0 saturated carbocycles. The third kappa shape index (κ3) is 5.13. The van der Waals surface area contributed by atoms with Gasteiger partial charge in [0.2, 0.25) is 16.8 Å². The lowest BCUT2D eigenvalue weighted by Crippen LogP contribution is -2.22. The van der Waals surface area contributed by atoms with Crippen LogP contribution >= 0.6 is 11.3 Å². The van der Waals surface area contributed by atoms with Gasteiger partial charge < -0.3 is 18.8 Å². The molecule has 0 unspecified atom stereocenters. The van der Waals surface area contributed by atoms with Gasteiger partial charge in [0.1, 0.15) is 6.54 Å². The fraction of sp³-hybridized carbons (Fsp3) is 0.190. The number of hydrogen-bond acceptors (Lipinski definition) is 8. The lowest BCUT2D eigenvalue weighted by molar-refractivity contribution is -0.143. The summed E-state index contributed by atoms with van der Waals surface area (Å²) in [4.78, 5) is 28.9. The van der Waals surface area contributed by atoms with Gasteiger partial charge in [0.15, 0.2) is 16.3 Å². The van der Waals surface area contributed by atoms with Crippen LogP contribution in [0.15, 0.2) is 52.4 Å².